The van der Waals surface area contributed by atoms with Crippen molar-refractivity contribution >= 4 is 47.3 Å². The summed E-state index contributed by atoms with van der Waals surface area (Å²) in [5, 5.41) is 14.8. The summed E-state index contributed by atoms with van der Waals surface area (Å²) in [6.07, 6.45) is 6.07. The van der Waals surface area contributed by atoms with Crippen molar-refractivity contribution in [1.29, 1.82) is 0 Å². The predicted octanol–water partition coefficient (Wildman–Crippen LogP) is 5.36. The second kappa shape index (κ2) is 10.6. The van der Waals surface area contributed by atoms with E-state index >= 15 is 0 Å². The van der Waals surface area contributed by atoms with Crippen LogP contribution in [0, 0.1) is 0 Å². The Morgan fingerprint density at radius 2 is 1.88 bits per heavy atom. The number of nitrogens with zero attached hydrogens (tertiary/aromatic N) is 4. The quantitative estimate of drug-likeness (QED) is 0.256. The first-order valence-electron chi connectivity index (χ1n) is 11.1. The molecule has 2 rings (SSSR count). The van der Waals surface area contributed by atoms with Crippen LogP contribution in [-0.2, 0) is 19.6 Å². The minimum Gasteiger partial charge on any atom is -0.416 e. The monoisotopic (exact) mass is 525 g/mol. The number of nitrogens with one attached hydrogen (secondary N) is 1. The third-order valence-electron chi connectivity index (χ3n) is 6.32. The van der Waals surface area contributed by atoms with Crippen molar-refractivity contribution in [3.05, 3.63) is 30.0 Å². The van der Waals surface area contributed by atoms with Crippen LogP contribution in [0.25, 0.3) is 0 Å². The molecule has 2 aromatic rings. The average molecular weight is 526 g/mol. The SMILES string of the molecule is CSc1ncc([C@](C)(CO[Si](C)(C)C(C)(C)C)[C@H](C)O)c(Nc2cccc(N=S(C)(C)=O)n2)n1. The molecule has 0 amide bonds. The van der Waals surface area contributed by atoms with Crippen LogP contribution in [0.5, 0.6) is 0 Å². The number of rotatable bonds is 9. The minimum absolute atomic E-state index is 0.0398. The van der Waals surface area contributed by atoms with E-state index in [0.29, 0.717) is 29.2 Å². The van der Waals surface area contributed by atoms with Gasteiger partial charge in [0.25, 0.3) is 0 Å². The lowest BCUT2D eigenvalue weighted by Gasteiger charge is -2.41. The fraction of sp³-hybridized carbons (Fsp3) is 0.609. The van der Waals surface area contributed by atoms with Gasteiger partial charge in [0.2, 0.25) is 0 Å². The second-order valence-corrected chi connectivity index (χ2v) is 18.7. The van der Waals surface area contributed by atoms with E-state index in [1.54, 1.807) is 43.8 Å². The number of hydrogen-bond acceptors (Lipinski definition) is 9. The Bertz CT molecular complexity index is 1120. The Morgan fingerprint density at radius 1 is 1.24 bits per heavy atom. The van der Waals surface area contributed by atoms with E-state index in [0.717, 1.165) is 5.56 Å². The molecule has 0 saturated heterocycles. The van der Waals surface area contributed by atoms with E-state index in [1.165, 1.54) is 11.8 Å². The Balaban J connectivity index is 2.53. The maximum atomic E-state index is 12.1. The molecule has 2 atom stereocenters. The Morgan fingerprint density at radius 3 is 2.41 bits per heavy atom. The molecule has 0 fully saturated rings. The number of pyridine rings is 1. The van der Waals surface area contributed by atoms with E-state index in [1.807, 2.05) is 13.2 Å². The standard InChI is InChI=1S/C23H39N5O3S2Si/c1-16(29)23(5,15-31-34(9,10)22(2,3)4)17-14-24-21(32-6)27-20(17)26-18-12-11-13-19(25-18)28-33(7,8)30/h11-14,16,29H,15H2,1-10H3,(H,24,25,26,27)/t16-,23+/m0/s1. The number of thioether (sulfide) groups is 1. The molecule has 0 bridgehead atoms. The van der Waals surface area contributed by atoms with Crippen molar-refractivity contribution in [3.8, 4) is 0 Å². The molecule has 0 aromatic carbocycles. The smallest absolute Gasteiger partial charge is 0.192 e. The topological polar surface area (TPSA) is 110 Å². The summed E-state index contributed by atoms with van der Waals surface area (Å²) in [5.41, 5.74) is -0.0317. The molecule has 2 aromatic heterocycles. The highest BCUT2D eigenvalue weighted by Crippen LogP contribution is 2.40. The lowest BCUT2D eigenvalue weighted by molar-refractivity contribution is 0.0648. The molecule has 0 spiro atoms. The Hall–Kier alpha value is -1.53. The first-order chi connectivity index (χ1) is 15.5. The first kappa shape index (κ1) is 28.7. The fourth-order valence-corrected chi connectivity index (χ4v) is 4.82. The number of aliphatic hydroxyl groups is 1. The highest BCUT2D eigenvalue weighted by atomic mass is 32.2. The van der Waals surface area contributed by atoms with Crippen LogP contribution >= 0.6 is 11.8 Å². The molecular formula is C23H39N5O3S2Si. The summed E-state index contributed by atoms with van der Waals surface area (Å²) in [6, 6.07) is 5.30. The molecule has 0 aliphatic carbocycles. The van der Waals surface area contributed by atoms with Crippen LogP contribution < -0.4 is 5.32 Å². The van der Waals surface area contributed by atoms with Gasteiger partial charge in [0.15, 0.2) is 19.3 Å². The fourth-order valence-electron chi connectivity index (χ4n) is 2.84. The number of hydrogen-bond donors (Lipinski definition) is 2. The van der Waals surface area contributed by atoms with Crippen molar-refractivity contribution in [3.63, 3.8) is 0 Å². The van der Waals surface area contributed by atoms with Gasteiger partial charge in [-0.2, -0.15) is 4.36 Å². The van der Waals surface area contributed by atoms with E-state index in [4.69, 9.17) is 9.41 Å². The third-order valence-corrected chi connectivity index (χ3v) is 12.0. The maximum absolute atomic E-state index is 12.1. The molecule has 34 heavy (non-hydrogen) atoms. The molecule has 11 heteroatoms. The van der Waals surface area contributed by atoms with Crippen LogP contribution in [0.15, 0.2) is 33.9 Å². The van der Waals surface area contributed by atoms with E-state index in [9.17, 15) is 9.32 Å². The lowest BCUT2D eigenvalue weighted by atomic mass is 9.79. The molecule has 0 unspecified atom stereocenters. The van der Waals surface area contributed by atoms with Crippen molar-refractivity contribution in [1.82, 2.24) is 15.0 Å². The predicted molar refractivity (Wildman–Crippen MR) is 146 cm³/mol. The molecule has 0 aliphatic rings. The Labute approximate surface area is 210 Å². The van der Waals surface area contributed by atoms with Crippen LogP contribution in [0.1, 0.15) is 40.2 Å². The van der Waals surface area contributed by atoms with Gasteiger partial charge >= 0.3 is 0 Å². The number of aliphatic hydroxyl groups excluding tert-OH is 1. The molecule has 2 N–H and O–H groups in total. The van der Waals surface area contributed by atoms with Crippen LogP contribution in [0.4, 0.5) is 17.5 Å². The largest absolute Gasteiger partial charge is 0.416 e. The van der Waals surface area contributed by atoms with Gasteiger partial charge in [0, 0.05) is 46.0 Å². The lowest BCUT2D eigenvalue weighted by Crippen LogP contribution is -2.48. The first-order valence-corrected chi connectivity index (χ1v) is 17.6. The van der Waals surface area contributed by atoms with Crippen molar-refractivity contribution in [2.45, 2.75) is 69.4 Å². The molecule has 0 saturated carbocycles. The van der Waals surface area contributed by atoms with Crippen LogP contribution in [-0.4, -0.2) is 64.1 Å². The third kappa shape index (κ3) is 7.24. The highest BCUT2D eigenvalue weighted by Gasteiger charge is 2.42. The van der Waals surface area contributed by atoms with E-state index in [2.05, 4.69) is 53.5 Å². The molecule has 190 valence electrons. The van der Waals surface area contributed by atoms with Crippen LogP contribution in [0.3, 0.4) is 0 Å². The summed E-state index contributed by atoms with van der Waals surface area (Å²) in [4.78, 5) is 13.7. The molecule has 0 aliphatic heterocycles. The molecular weight excluding hydrogens is 487 g/mol. The zero-order valence-electron chi connectivity index (χ0n) is 22.0. The van der Waals surface area contributed by atoms with E-state index < -0.39 is 29.6 Å². The van der Waals surface area contributed by atoms with Gasteiger partial charge in [-0.1, -0.05) is 45.5 Å². The van der Waals surface area contributed by atoms with E-state index in [-0.39, 0.29) is 5.04 Å². The van der Waals surface area contributed by atoms with Gasteiger partial charge in [0.05, 0.1) is 6.10 Å². The summed E-state index contributed by atoms with van der Waals surface area (Å²) in [6.45, 7) is 15.0. The Kier molecular flexibility index (Phi) is 8.96. The molecule has 2 heterocycles. The highest BCUT2D eigenvalue weighted by molar-refractivity contribution is 7.98. The second-order valence-electron chi connectivity index (χ2n) is 10.5. The van der Waals surface area contributed by atoms with Gasteiger partial charge in [-0.15, -0.1) is 0 Å². The minimum atomic E-state index is -2.34. The van der Waals surface area contributed by atoms with Crippen molar-refractivity contribution in [2.75, 3.05) is 30.7 Å². The van der Waals surface area contributed by atoms with Gasteiger partial charge in [-0.25, -0.2) is 19.2 Å². The molecule has 0 radical (unpaired) electrons. The van der Waals surface area contributed by atoms with Gasteiger partial charge in [-0.3, -0.25) is 0 Å². The number of anilines is 2. The normalized spacial score (nSPS) is 15.5. The van der Waals surface area contributed by atoms with Gasteiger partial charge in [-0.05, 0) is 43.4 Å². The van der Waals surface area contributed by atoms with Crippen molar-refractivity contribution in [2.24, 2.45) is 4.36 Å². The maximum Gasteiger partial charge on any atom is 0.192 e. The number of aromatic nitrogens is 3. The summed E-state index contributed by atoms with van der Waals surface area (Å²) in [5.74, 6) is 1.43. The van der Waals surface area contributed by atoms with Crippen LogP contribution in [0.2, 0.25) is 18.1 Å². The summed E-state index contributed by atoms with van der Waals surface area (Å²) < 4.78 is 22.8. The summed E-state index contributed by atoms with van der Waals surface area (Å²) in [7, 11) is -4.41. The van der Waals surface area contributed by atoms with Crippen molar-refractivity contribution < 1.29 is 13.7 Å². The molecule has 8 nitrogen and oxygen atoms in total. The zero-order chi connectivity index (χ0) is 25.9. The summed E-state index contributed by atoms with van der Waals surface area (Å²) >= 11 is 1.43. The zero-order valence-corrected chi connectivity index (χ0v) is 24.6. The van der Waals surface area contributed by atoms with Gasteiger partial charge in [0.1, 0.15) is 11.6 Å². The average Bonchev–Trinajstić information content (AvgIpc) is 2.70. The van der Waals surface area contributed by atoms with Gasteiger partial charge < -0.3 is 14.8 Å².